The summed E-state index contributed by atoms with van der Waals surface area (Å²) >= 11 is 6.12. The first-order valence-corrected chi connectivity index (χ1v) is 7.20. The monoisotopic (exact) mass is 307 g/mol. The first kappa shape index (κ1) is 15.8. The summed E-state index contributed by atoms with van der Waals surface area (Å²) in [6.07, 6.45) is 0.890. The first-order chi connectivity index (χ1) is 10.0. The van der Waals surface area contributed by atoms with E-state index in [0.29, 0.717) is 22.8 Å². The lowest BCUT2D eigenvalue weighted by Gasteiger charge is -2.26. The van der Waals surface area contributed by atoms with E-state index in [2.05, 4.69) is 11.8 Å². The van der Waals surface area contributed by atoms with Crippen LogP contribution in [-0.2, 0) is 4.74 Å². The fraction of sp³-hybridized carbons (Fsp3) is 0.438. The standard InChI is InChI=1S/C16H18ClNO3/c1-11-15(7-9-21-11)18(2)16(20)13-6-5-12(4-3-8-19)14(17)10-13/h5-6,10-11,15,19H,7-9H2,1-2H3. The molecule has 0 saturated carbocycles. The third-order valence-corrected chi connectivity index (χ3v) is 3.98. The van der Waals surface area contributed by atoms with E-state index < -0.39 is 0 Å². The number of rotatable bonds is 2. The topological polar surface area (TPSA) is 49.8 Å². The van der Waals surface area contributed by atoms with E-state index in [4.69, 9.17) is 21.4 Å². The minimum Gasteiger partial charge on any atom is -0.384 e. The SMILES string of the molecule is CC1OCCC1N(C)C(=O)c1ccc(C#CCO)c(Cl)c1. The number of aliphatic hydroxyl groups excluding tert-OH is 1. The lowest BCUT2D eigenvalue weighted by Crippen LogP contribution is -2.41. The molecular formula is C16H18ClNO3. The highest BCUT2D eigenvalue weighted by Crippen LogP contribution is 2.22. The number of carbonyl (C=O) groups is 1. The van der Waals surface area contributed by atoms with Crippen LogP contribution in [0, 0.1) is 11.8 Å². The number of ether oxygens (including phenoxy) is 1. The van der Waals surface area contributed by atoms with Crippen molar-refractivity contribution in [2.45, 2.75) is 25.5 Å². The Morgan fingerprint density at radius 1 is 1.57 bits per heavy atom. The number of hydrogen-bond acceptors (Lipinski definition) is 3. The van der Waals surface area contributed by atoms with E-state index in [9.17, 15) is 4.79 Å². The van der Waals surface area contributed by atoms with E-state index >= 15 is 0 Å². The molecule has 4 nitrogen and oxygen atoms in total. The van der Waals surface area contributed by atoms with Gasteiger partial charge in [-0.3, -0.25) is 4.79 Å². The van der Waals surface area contributed by atoms with Gasteiger partial charge in [-0.1, -0.05) is 23.4 Å². The van der Waals surface area contributed by atoms with Gasteiger partial charge < -0.3 is 14.7 Å². The summed E-state index contributed by atoms with van der Waals surface area (Å²) in [6.45, 7) is 2.43. The van der Waals surface area contributed by atoms with Crippen LogP contribution in [0.2, 0.25) is 5.02 Å². The van der Waals surface area contributed by atoms with Crippen LogP contribution < -0.4 is 0 Å². The predicted molar refractivity (Wildman–Crippen MR) is 81.3 cm³/mol. The Morgan fingerprint density at radius 3 is 2.90 bits per heavy atom. The van der Waals surface area contributed by atoms with Crippen LogP contribution in [0.25, 0.3) is 0 Å². The van der Waals surface area contributed by atoms with Gasteiger partial charge in [0.1, 0.15) is 6.61 Å². The Bertz CT molecular complexity index is 591. The molecule has 1 aromatic carbocycles. The lowest BCUT2D eigenvalue weighted by atomic mass is 10.1. The van der Waals surface area contributed by atoms with Crippen LogP contribution >= 0.6 is 11.6 Å². The van der Waals surface area contributed by atoms with Gasteiger partial charge in [-0.15, -0.1) is 0 Å². The van der Waals surface area contributed by atoms with E-state index in [1.807, 2.05) is 6.92 Å². The number of likely N-dealkylation sites (N-methyl/N-ethyl adjacent to an activating group) is 1. The van der Waals surface area contributed by atoms with Gasteiger partial charge in [0.25, 0.3) is 5.91 Å². The predicted octanol–water partition coefficient (Wildman–Crippen LogP) is 1.93. The van der Waals surface area contributed by atoms with Crippen molar-refractivity contribution < 1.29 is 14.6 Å². The van der Waals surface area contributed by atoms with Crippen molar-refractivity contribution in [1.82, 2.24) is 4.90 Å². The molecular weight excluding hydrogens is 290 g/mol. The summed E-state index contributed by atoms with van der Waals surface area (Å²) < 4.78 is 5.50. The molecule has 1 amide bonds. The summed E-state index contributed by atoms with van der Waals surface area (Å²) in [5, 5.41) is 9.10. The molecule has 1 N–H and O–H groups in total. The van der Waals surface area contributed by atoms with Gasteiger partial charge in [0.05, 0.1) is 17.2 Å². The Labute approximate surface area is 129 Å². The normalized spacial score (nSPS) is 20.8. The quantitative estimate of drug-likeness (QED) is 0.850. The third kappa shape index (κ3) is 3.56. The fourth-order valence-corrected chi connectivity index (χ4v) is 2.70. The summed E-state index contributed by atoms with van der Waals surface area (Å²) in [5.41, 5.74) is 1.12. The van der Waals surface area contributed by atoms with Crippen molar-refractivity contribution in [3.8, 4) is 11.8 Å². The molecule has 2 rings (SSSR count). The van der Waals surface area contributed by atoms with Crippen LogP contribution in [0.5, 0.6) is 0 Å². The van der Waals surface area contributed by atoms with Crippen LogP contribution in [0.4, 0.5) is 0 Å². The van der Waals surface area contributed by atoms with Crippen LogP contribution in [0.15, 0.2) is 18.2 Å². The van der Waals surface area contributed by atoms with Gasteiger partial charge in [0.15, 0.2) is 0 Å². The van der Waals surface area contributed by atoms with E-state index in [0.717, 1.165) is 6.42 Å². The molecule has 0 aliphatic carbocycles. The van der Waals surface area contributed by atoms with Crippen molar-refractivity contribution in [3.05, 3.63) is 34.3 Å². The lowest BCUT2D eigenvalue weighted by molar-refractivity contribution is 0.0574. The maximum Gasteiger partial charge on any atom is 0.253 e. The van der Waals surface area contributed by atoms with Gasteiger partial charge in [-0.2, -0.15) is 0 Å². The average molecular weight is 308 g/mol. The zero-order valence-corrected chi connectivity index (χ0v) is 12.9. The molecule has 1 aromatic rings. The smallest absolute Gasteiger partial charge is 0.253 e. The highest BCUT2D eigenvalue weighted by Gasteiger charge is 2.31. The minimum atomic E-state index is -0.223. The maximum absolute atomic E-state index is 12.5. The highest BCUT2D eigenvalue weighted by atomic mass is 35.5. The van der Waals surface area contributed by atoms with Crippen molar-refractivity contribution in [3.63, 3.8) is 0 Å². The first-order valence-electron chi connectivity index (χ1n) is 6.82. The second-order valence-electron chi connectivity index (χ2n) is 5.00. The number of nitrogens with zero attached hydrogens (tertiary/aromatic N) is 1. The summed E-state index contributed by atoms with van der Waals surface area (Å²) in [5.74, 6) is 5.20. The number of halogens is 1. The molecule has 1 aliphatic rings. The molecule has 5 heteroatoms. The van der Waals surface area contributed by atoms with E-state index in [-0.39, 0.29) is 24.7 Å². The fourth-order valence-electron chi connectivity index (χ4n) is 2.47. The Balaban J connectivity index is 2.17. The molecule has 112 valence electrons. The Morgan fingerprint density at radius 2 is 2.33 bits per heavy atom. The van der Waals surface area contributed by atoms with Crippen molar-refractivity contribution >= 4 is 17.5 Å². The number of carbonyl (C=O) groups excluding carboxylic acids is 1. The molecule has 21 heavy (non-hydrogen) atoms. The molecule has 0 bridgehead atoms. The minimum absolute atomic E-state index is 0.0455. The second-order valence-corrected chi connectivity index (χ2v) is 5.41. The Kier molecular flexibility index (Phi) is 5.24. The summed E-state index contributed by atoms with van der Waals surface area (Å²) in [7, 11) is 1.78. The molecule has 0 spiro atoms. The van der Waals surface area contributed by atoms with Crippen molar-refractivity contribution in [1.29, 1.82) is 0 Å². The summed E-state index contributed by atoms with van der Waals surface area (Å²) in [4.78, 5) is 14.2. The van der Waals surface area contributed by atoms with Gasteiger partial charge >= 0.3 is 0 Å². The largest absolute Gasteiger partial charge is 0.384 e. The molecule has 2 unspecified atom stereocenters. The number of amides is 1. The zero-order chi connectivity index (χ0) is 15.4. The van der Waals surface area contributed by atoms with Gasteiger partial charge in [-0.05, 0) is 31.5 Å². The van der Waals surface area contributed by atoms with Gasteiger partial charge in [-0.25, -0.2) is 0 Å². The molecule has 0 aromatic heterocycles. The van der Waals surface area contributed by atoms with Crippen molar-refractivity contribution in [2.24, 2.45) is 0 Å². The number of hydrogen-bond donors (Lipinski definition) is 1. The average Bonchev–Trinajstić information content (AvgIpc) is 2.90. The molecule has 1 fully saturated rings. The number of aliphatic hydroxyl groups is 1. The summed E-state index contributed by atoms with van der Waals surface area (Å²) in [6, 6.07) is 5.10. The maximum atomic E-state index is 12.5. The second kappa shape index (κ2) is 6.95. The van der Waals surface area contributed by atoms with Crippen molar-refractivity contribution in [2.75, 3.05) is 20.3 Å². The highest BCUT2D eigenvalue weighted by molar-refractivity contribution is 6.32. The van der Waals surface area contributed by atoms with E-state index in [1.54, 1.807) is 30.1 Å². The molecule has 1 aliphatic heterocycles. The third-order valence-electron chi connectivity index (χ3n) is 3.67. The molecule has 2 atom stereocenters. The van der Waals surface area contributed by atoms with Crippen LogP contribution in [0.3, 0.4) is 0 Å². The zero-order valence-electron chi connectivity index (χ0n) is 12.1. The van der Waals surface area contributed by atoms with Crippen LogP contribution in [0.1, 0.15) is 29.3 Å². The molecule has 0 radical (unpaired) electrons. The molecule has 1 saturated heterocycles. The molecule has 1 heterocycles. The Hall–Kier alpha value is -1.54. The van der Waals surface area contributed by atoms with Gasteiger partial charge in [0, 0.05) is 24.8 Å². The van der Waals surface area contributed by atoms with E-state index in [1.165, 1.54) is 0 Å². The number of benzene rings is 1. The van der Waals surface area contributed by atoms with Gasteiger partial charge in [0.2, 0.25) is 0 Å². The van der Waals surface area contributed by atoms with Crippen LogP contribution in [-0.4, -0.2) is 48.3 Å².